The zero-order valence-electron chi connectivity index (χ0n) is 27.0. The molecule has 7 rings (SSSR count). The first kappa shape index (κ1) is 31.6. The summed E-state index contributed by atoms with van der Waals surface area (Å²) in [6.07, 6.45) is 0.999. The third-order valence-corrected chi connectivity index (χ3v) is 12.9. The topological polar surface area (TPSA) is 120 Å². The van der Waals surface area contributed by atoms with Crippen LogP contribution in [0, 0.1) is 5.92 Å². The van der Waals surface area contributed by atoms with Crippen molar-refractivity contribution in [2.24, 2.45) is 5.92 Å². The summed E-state index contributed by atoms with van der Waals surface area (Å²) >= 11 is 0. The van der Waals surface area contributed by atoms with E-state index in [-0.39, 0.29) is 61.4 Å². The van der Waals surface area contributed by atoms with Gasteiger partial charge in [0.1, 0.15) is 5.75 Å². The Morgan fingerprint density at radius 1 is 1.00 bits per heavy atom. The van der Waals surface area contributed by atoms with Crippen molar-refractivity contribution in [3.63, 3.8) is 0 Å². The zero-order chi connectivity index (χ0) is 33.1. The second-order valence-electron chi connectivity index (χ2n) is 13.7. The number of carbonyl (C=O) groups is 3. The summed E-state index contributed by atoms with van der Waals surface area (Å²) in [6, 6.07) is 22.4. The van der Waals surface area contributed by atoms with Gasteiger partial charge in [-0.25, -0.2) is 0 Å². The first-order valence-electron chi connectivity index (χ1n) is 16.4. The molecule has 3 aromatic carbocycles. The molecule has 11 heteroatoms. The number of benzene rings is 3. The van der Waals surface area contributed by atoms with Gasteiger partial charge in [-0.05, 0) is 61.8 Å². The first-order chi connectivity index (χ1) is 22.5. The summed E-state index contributed by atoms with van der Waals surface area (Å²) in [5, 5.41) is 9.83. The second kappa shape index (κ2) is 11.9. The lowest BCUT2D eigenvalue weighted by atomic mass is 9.82. The fraction of sp³-hybridized carbons (Fsp3) is 0.417. The number of hydrogen-bond donors (Lipinski definition) is 2. The highest BCUT2D eigenvalue weighted by atomic mass is 28.4. The molecule has 2 N–H and O–H groups in total. The van der Waals surface area contributed by atoms with Crippen LogP contribution in [-0.4, -0.2) is 72.7 Å². The lowest BCUT2D eigenvalue weighted by Gasteiger charge is -2.32. The van der Waals surface area contributed by atoms with Gasteiger partial charge in [-0.1, -0.05) is 49.4 Å². The fourth-order valence-corrected chi connectivity index (χ4v) is 10.9. The quantitative estimate of drug-likeness (QED) is 0.361. The number of anilines is 3. The monoisotopic (exact) mass is 655 g/mol. The van der Waals surface area contributed by atoms with Crippen LogP contribution in [0.25, 0.3) is 0 Å². The molecule has 0 saturated carbocycles. The number of carbonyl (C=O) groups excluding carboxylic acids is 3. The van der Waals surface area contributed by atoms with E-state index in [9.17, 15) is 24.3 Å². The molecular weight excluding hydrogens is 614 g/mol. The van der Waals surface area contributed by atoms with Gasteiger partial charge in [0, 0.05) is 29.3 Å². The number of hydrogen-bond acceptors (Lipinski definition) is 7. The molecule has 3 amide bonds. The van der Waals surface area contributed by atoms with Gasteiger partial charge in [-0.15, -0.1) is 0 Å². The van der Waals surface area contributed by atoms with Crippen molar-refractivity contribution in [3.8, 4) is 5.75 Å². The molecule has 246 valence electrons. The maximum atomic E-state index is 14.7. The molecule has 0 radical (unpaired) electrons. The Kier molecular flexibility index (Phi) is 7.98. The first-order valence-corrected chi connectivity index (χ1v) is 19.4. The van der Waals surface area contributed by atoms with Crippen molar-refractivity contribution in [2.75, 3.05) is 29.6 Å². The van der Waals surface area contributed by atoms with Crippen LogP contribution in [0.5, 0.6) is 5.75 Å². The van der Waals surface area contributed by atoms with Gasteiger partial charge in [0.2, 0.25) is 5.91 Å². The van der Waals surface area contributed by atoms with E-state index >= 15 is 0 Å². The minimum Gasteiger partial charge on any atom is -0.482 e. The summed E-state index contributed by atoms with van der Waals surface area (Å²) < 4.78 is 12.4. The van der Waals surface area contributed by atoms with Crippen molar-refractivity contribution in [1.29, 1.82) is 0 Å². The number of para-hydroxylation sites is 3. The molecule has 47 heavy (non-hydrogen) atoms. The Morgan fingerprint density at radius 3 is 2.43 bits per heavy atom. The zero-order valence-corrected chi connectivity index (χ0v) is 28.0. The number of aliphatic hydroxyl groups excluding tert-OH is 1. The maximum Gasteiger partial charge on any atom is 0.269 e. The number of aliphatic hydroxyl groups is 1. The summed E-state index contributed by atoms with van der Waals surface area (Å²) in [5.74, 6) is -0.222. The van der Waals surface area contributed by atoms with E-state index in [1.807, 2.05) is 92.8 Å². The van der Waals surface area contributed by atoms with E-state index in [1.54, 1.807) is 14.7 Å². The molecule has 4 heterocycles. The SMILES string of the molecule is C[C@@H]1[C@@H]([Si](C)(C)O)[C@H](CC(=O)N2CCC[C@H]2CO)O[C@@]12C(=O)N(Cc1ccc(N3C(=O)COc4ccccc43)cc1)c1ccccc12. The Bertz CT molecular complexity index is 1710. The van der Waals surface area contributed by atoms with Crippen molar-refractivity contribution in [2.45, 2.75) is 69.1 Å². The number of amides is 3. The lowest BCUT2D eigenvalue weighted by molar-refractivity contribution is -0.150. The smallest absolute Gasteiger partial charge is 0.269 e. The van der Waals surface area contributed by atoms with E-state index in [0.717, 1.165) is 29.7 Å². The van der Waals surface area contributed by atoms with Crippen LogP contribution >= 0.6 is 0 Å². The minimum atomic E-state index is -2.93. The van der Waals surface area contributed by atoms with Gasteiger partial charge < -0.3 is 29.2 Å². The van der Waals surface area contributed by atoms with Crippen molar-refractivity contribution in [3.05, 3.63) is 83.9 Å². The third kappa shape index (κ3) is 5.16. The van der Waals surface area contributed by atoms with E-state index in [1.165, 1.54) is 0 Å². The summed E-state index contributed by atoms with van der Waals surface area (Å²) in [7, 11) is -2.93. The van der Waals surface area contributed by atoms with E-state index in [0.29, 0.717) is 23.7 Å². The molecule has 4 aliphatic heterocycles. The van der Waals surface area contributed by atoms with Gasteiger partial charge in [0.25, 0.3) is 11.8 Å². The van der Waals surface area contributed by atoms with Gasteiger partial charge >= 0.3 is 0 Å². The molecule has 0 bridgehead atoms. The number of likely N-dealkylation sites (tertiary alicyclic amines) is 1. The van der Waals surface area contributed by atoms with Crippen LogP contribution in [0.4, 0.5) is 17.1 Å². The molecule has 0 aromatic heterocycles. The molecule has 3 aromatic rings. The summed E-state index contributed by atoms with van der Waals surface area (Å²) in [5.41, 5.74) is 2.04. The predicted molar refractivity (Wildman–Crippen MR) is 179 cm³/mol. The van der Waals surface area contributed by atoms with Crippen LogP contribution in [0.15, 0.2) is 72.8 Å². The Labute approximate surface area is 275 Å². The molecular formula is C36H41N3O7Si. The van der Waals surface area contributed by atoms with E-state index < -0.39 is 20.0 Å². The maximum absolute atomic E-state index is 14.7. The largest absolute Gasteiger partial charge is 0.482 e. The Balaban J connectivity index is 1.18. The summed E-state index contributed by atoms with van der Waals surface area (Å²) in [4.78, 5) is 57.8. The highest BCUT2D eigenvalue weighted by Crippen LogP contribution is 2.59. The molecule has 0 aliphatic carbocycles. The fourth-order valence-electron chi connectivity index (χ4n) is 8.35. The molecule has 0 unspecified atom stereocenters. The Hall–Kier alpha value is -4.03. The highest BCUT2D eigenvalue weighted by Gasteiger charge is 2.66. The van der Waals surface area contributed by atoms with E-state index in [4.69, 9.17) is 9.47 Å². The molecule has 5 atom stereocenters. The molecule has 2 fully saturated rings. The molecule has 4 aliphatic rings. The van der Waals surface area contributed by atoms with Crippen LogP contribution in [0.2, 0.25) is 18.6 Å². The van der Waals surface area contributed by atoms with Gasteiger partial charge in [-0.2, -0.15) is 0 Å². The normalized spacial score (nSPS) is 27.0. The van der Waals surface area contributed by atoms with Crippen molar-refractivity contribution >= 4 is 43.1 Å². The minimum absolute atomic E-state index is 0.0424. The molecule has 2 saturated heterocycles. The third-order valence-electron chi connectivity index (χ3n) is 10.4. The number of nitrogens with zero attached hydrogens (tertiary/aromatic N) is 3. The standard InChI is InChI=1S/C36H41N3O7Si/c1-23-34(47(2,3)44)31(19-32(41)37-18-8-9-26(37)21-40)46-36(23)27-10-4-5-11-28(27)38(35(36)43)20-24-14-16-25(17-15-24)39-29-12-6-7-13-30(29)45-22-33(39)42/h4-7,10-17,23,26,31,34,40,44H,8-9,18-22H2,1-3H3/t23-,26+,31+,34-,36+/m1/s1. The van der Waals surface area contributed by atoms with Crippen molar-refractivity contribution < 1.29 is 33.8 Å². The van der Waals surface area contributed by atoms with Gasteiger partial charge in [0.15, 0.2) is 20.5 Å². The van der Waals surface area contributed by atoms with Gasteiger partial charge in [-0.3, -0.25) is 19.3 Å². The van der Waals surface area contributed by atoms with Crippen LogP contribution in [0.3, 0.4) is 0 Å². The molecule has 10 nitrogen and oxygen atoms in total. The number of fused-ring (bicyclic) bond motifs is 3. The number of ether oxygens (including phenoxy) is 2. The lowest BCUT2D eigenvalue weighted by Crippen LogP contribution is -2.46. The second-order valence-corrected chi connectivity index (χ2v) is 17.7. The van der Waals surface area contributed by atoms with Gasteiger partial charge in [0.05, 0.1) is 43.1 Å². The van der Waals surface area contributed by atoms with Crippen molar-refractivity contribution in [1.82, 2.24) is 4.90 Å². The molecule has 1 spiro atoms. The Morgan fingerprint density at radius 2 is 1.70 bits per heavy atom. The predicted octanol–water partition coefficient (Wildman–Crippen LogP) is 4.46. The van der Waals surface area contributed by atoms with Crippen LogP contribution < -0.4 is 14.5 Å². The van der Waals surface area contributed by atoms with E-state index in [2.05, 4.69) is 0 Å². The number of rotatable bonds is 7. The van der Waals surface area contributed by atoms with Crippen LogP contribution in [-0.2, 0) is 31.3 Å². The highest BCUT2D eigenvalue weighted by molar-refractivity contribution is 6.71. The average Bonchev–Trinajstić information content (AvgIpc) is 3.72. The summed E-state index contributed by atoms with van der Waals surface area (Å²) in [6.45, 7) is 6.41. The average molecular weight is 656 g/mol. The van der Waals surface area contributed by atoms with Crippen LogP contribution in [0.1, 0.15) is 37.3 Å².